The molecule has 2 aliphatic rings. The van der Waals surface area contributed by atoms with Crippen molar-refractivity contribution in [2.75, 3.05) is 24.6 Å². The highest BCUT2D eigenvalue weighted by Crippen LogP contribution is 2.36. The highest BCUT2D eigenvalue weighted by molar-refractivity contribution is 7.99. The van der Waals surface area contributed by atoms with Crippen molar-refractivity contribution in [3.05, 3.63) is 0 Å². The molecule has 0 aromatic carbocycles. The molecule has 0 aromatic heterocycles. The summed E-state index contributed by atoms with van der Waals surface area (Å²) in [6.45, 7) is 12.0. The van der Waals surface area contributed by atoms with Crippen LogP contribution in [0.5, 0.6) is 0 Å². The maximum atomic E-state index is 4.00. The second-order valence-corrected chi connectivity index (χ2v) is 8.47. The lowest BCUT2D eigenvalue weighted by atomic mass is 9.73. The van der Waals surface area contributed by atoms with Crippen LogP contribution < -0.4 is 5.32 Å². The number of likely N-dealkylation sites (tertiary alicyclic amines) is 1. The number of nitrogens with zero attached hydrogens (tertiary/aromatic N) is 1. The molecule has 0 aromatic rings. The molecule has 118 valence electrons. The third-order valence-electron chi connectivity index (χ3n) is 5.21. The normalized spacial score (nSPS) is 32.5. The lowest BCUT2D eigenvalue weighted by Gasteiger charge is -2.50. The number of rotatable bonds is 7. The van der Waals surface area contributed by atoms with Gasteiger partial charge in [-0.3, -0.25) is 0 Å². The average Bonchev–Trinajstić information content (AvgIpc) is 2.38. The van der Waals surface area contributed by atoms with Crippen LogP contribution in [-0.4, -0.2) is 47.6 Å². The van der Waals surface area contributed by atoms with Gasteiger partial charge in [-0.25, -0.2) is 0 Å². The van der Waals surface area contributed by atoms with Crippen LogP contribution in [-0.2, 0) is 0 Å². The van der Waals surface area contributed by atoms with E-state index >= 15 is 0 Å². The standard InChI is InChI=1S/C17H34N2S/c1-5-20-10-9-14(4)18-17-15-7-6-8-16(17)12-19(11-15)13(2)3/h13-18H,5-12H2,1-4H3. The van der Waals surface area contributed by atoms with E-state index in [9.17, 15) is 0 Å². The first kappa shape index (κ1) is 16.6. The van der Waals surface area contributed by atoms with Crippen LogP contribution in [0.3, 0.4) is 0 Å². The minimum Gasteiger partial charge on any atom is -0.311 e. The summed E-state index contributed by atoms with van der Waals surface area (Å²) in [6.07, 6.45) is 5.66. The minimum atomic E-state index is 0.688. The quantitative estimate of drug-likeness (QED) is 0.723. The summed E-state index contributed by atoms with van der Waals surface area (Å²) < 4.78 is 0. The fourth-order valence-corrected chi connectivity index (χ4v) is 4.79. The molecule has 1 N–H and O–H groups in total. The Bertz CT molecular complexity index is 268. The smallest absolute Gasteiger partial charge is 0.0150 e. The highest BCUT2D eigenvalue weighted by Gasteiger charge is 2.40. The third-order valence-corrected chi connectivity index (χ3v) is 6.14. The van der Waals surface area contributed by atoms with Crippen LogP contribution in [0.2, 0.25) is 0 Å². The Kier molecular flexibility index (Phi) is 6.70. The summed E-state index contributed by atoms with van der Waals surface area (Å²) in [5, 5.41) is 4.00. The molecule has 1 heterocycles. The van der Waals surface area contributed by atoms with Gasteiger partial charge >= 0.3 is 0 Å². The van der Waals surface area contributed by atoms with Crippen LogP contribution in [0.4, 0.5) is 0 Å². The summed E-state index contributed by atoms with van der Waals surface area (Å²) in [5.74, 6) is 4.35. The van der Waals surface area contributed by atoms with Crippen molar-refractivity contribution in [2.24, 2.45) is 11.8 Å². The minimum absolute atomic E-state index is 0.688. The van der Waals surface area contributed by atoms with E-state index in [0.29, 0.717) is 6.04 Å². The summed E-state index contributed by atoms with van der Waals surface area (Å²) >= 11 is 2.08. The number of nitrogens with one attached hydrogen (secondary N) is 1. The van der Waals surface area contributed by atoms with Crippen molar-refractivity contribution < 1.29 is 0 Å². The van der Waals surface area contributed by atoms with Crippen LogP contribution in [0.25, 0.3) is 0 Å². The van der Waals surface area contributed by atoms with E-state index in [4.69, 9.17) is 0 Å². The maximum Gasteiger partial charge on any atom is 0.0150 e. The molecule has 2 rings (SSSR count). The molecule has 3 heteroatoms. The van der Waals surface area contributed by atoms with E-state index in [1.165, 1.54) is 50.3 Å². The SMILES string of the molecule is CCSCCC(C)NC1C2CCCC1CN(C(C)C)C2. The second-order valence-electron chi connectivity index (χ2n) is 7.08. The number of hydrogen-bond donors (Lipinski definition) is 1. The third kappa shape index (κ3) is 4.38. The molecule has 3 unspecified atom stereocenters. The number of piperidine rings is 1. The van der Waals surface area contributed by atoms with Gasteiger partial charge in [0, 0.05) is 31.2 Å². The zero-order valence-corrected chi connectivity index (χ0v) is 14.7. The first-order chi connectivity index (χ1) is 9.61. The van der Waals surface area contributed by atoms with Crippen molar-refractivity contribution in [1.82, 2.24) is 10.2 Å². The van der Waals surface area contributed by atoms with Gasteiger partial charge < -0.3 is 10.2 Å². The Morgan fingerprint density at radius 2 is 1.80 bits per heavy atom. The predicted molar refractivity (Wildman–Crippen MR) is 91.5 cm³/mol. The predicted octanol–water partition coefficient (Wildman–Crippen LogP) is 3.62. The Labute approximate surface area is 130 Å². The number of hydrogen-bond acceptors (Lipinski definition) is 3. The lowest BCUT2D eigenvalue weighted by molar-refractivity contribution is 0.0257. The Morgan fingerprint density at radius 3 is 2.35 bits per heavy atom. The fraction of sp³-hybridized carbons (Fsp3) is 1.00. The van der Waals surface area contributed by atoms with Gasteiger partial charge in [0.1, 0.15) is 0 Å². The zero-order chi connectivity index (χ0) is 14.5. The van der Waals surface area contributed by atoms with E-state index < -0.39 is 0 Å². The molecule has 1 aliphatic heterocycles. The fourth-order valence-electron chi connectivity index (χ4n) is 3.98. The van der Waals surface area contributed by atoms with Gasteiger partial charge in [-0.05, 0) is 63.4 Å². The number of thioether (sulfide) groups is 1. The van der Waals surface area contributed by atoms with Gasteiger partial charge in [0.25, 0.3) is 0 Å². The monoisotopic (exact) mass is 298 g/mol. The van der Waals surface area contributed by atoms with Crippen LogP contribution in [0, 0.1) is 11.8 Å². The van der Waals surface area contributed by atoms with Gasteiger partial charge in [0.2, 0.25) is 0 Å². The molecular weight excluding hydrogens is 264 g/mol. The molecule has 2 fully saturated rings. The van der Waals surface area contributed by atoms with E-state index in [1.807, 2.05) is 0 Å². The van der Waals surface area contributed by atoms with E-state index in [1.54, 1.807) is 0 Å². The van der Waals surface area contributed by atoms with E-state index in [2.05, 4.69) is 49.7 Å². The summed E-state index contributed by atoms with van der Waals surface area (Å²) in [5.41, 5.74) is 0. The lowest BCUT2D eigenvalue weighted by Crippen LogP contribution is -2.59. The molecule has 1 saturated carbocycles. The summed E-state index contributed by atoms with van der Waals surface area (Å²) in [7, 11) is 0. The van der Waals surface area contributed by atoms with Gasteiger partial charge in [-0.1, -0.05) is 13.3 Å². The first-order valence-electron chi connectivity index (χ1n) is 8.69. The molecule has 20 heavy (non-hydrogen) atoms. The molecule has 3 atom stereocenters. The zero-order valence-electron chi connectivity index (χ0n) is 13.9. The highest BCUT2D eigenvalue weighted by atomic mass is 32.2. The summed E-state index contributed by atoms with van der Waals surface area (Å²) in [6, 6.07) is 2.20. The number of fused-ring (bicyclic) bond motifs is 2. The van der Waals surface area contributed by atoms with Gasteiger partial charge in [-0.2, -0.15) is 11.8 Å². The van der Waals surface area contributed by atoms with E-state index in [-0.39, 0.29) is 0 Å². The molecule has 1 aliphatic carbocycles. The van der Waals surface area contributed by atoms with Crippen LogP contribution in [0.15, 0.2) is 0 Å². The van der Waals surface area contributed by atoms with Crippen molar-refractivity contribution in [1.29, 1.82) is 0 Å². The topological polar surface area (TPSA) is 15.3 Å². The molecule has 2 nitrogen and oxygen atoms in total. The van der Waals surface area contributed by atoms with Gasteiger partial charge in [-0.15, -0.1) is 0 Å². The summed E-state index contributed by atoms with van der Waals surface area (Å²) in [4.78, 5) is 2.71. The second kappa shape index (κ2) is 8.05. The van der Waals surface area contributed by atoms with Crippen molar-refractivity contribution in [3.63, 3.8) is 0 Å². The van der Waals surface area contributed by atoms with Gasteiger partial charge in [0.15, 0.2) is 0 Å². The van der Waals surface area contributed by atoms with Crippen molar-refractivity contribution in [2.45, 2.75) is 71.5 Å². The molecule has 0 radical (unpaired) electrons. The molecule has 1 saturated heterocycles. The average molecular weight is 299 g/mol. The van der Waals surface area contributed by atoms with E-state index in [0.717, 1.165) is 23.9 Å². The van der Waals surface area contributed by atoms with Crippen LogP contribution in [0.1, 0.15) is 53.4 Å². The van der Waals surface area contributed by atoms with Crippen molar-refractivity contribution in [3.8, 4) is 0 Å². The Hall–Kier alpha value is 0.270. The molecule has 0 spiro atoms. The van der Waals surface area contributed by atoms with Crippen molar-refractivity contribution >= 4 is 11.8 Å². The molecular formula is C17H34N2S. The largest absolute Gasteiger partial charge is 0.311 e. The first-order valence-corrected chi connectivity index (χ1v) is 9.85. The Balaban J connectivity index is 1.85. The van der Waals surface area contributed by atoms with Gasteiger partial charge in [0.05, 0.1) is 0 Å². The molecule has 0 amide bonds. The maximum absolute atomic E-state index is 4.00. The van der Waals surface area contributed by atoms with Crippen LogP contribution >= 0.6 is 11.8 Å². The Morgan fingerprint density at radius 1 is 1.15 bits per heavy atom. The molecule has 2 bridgehead atoms.